The van der Waals surface area contributed by atoms with Crippen molar-refractivity contribution in [3.05, 3.63) is 42.0 Å². The second-order valence-electron chi connectivity index (χ2n) is 4.12. The fraction of sp³-hybridized carbons (Fsp3) is 0.308. The van der Waals surface area contributed by atoms with Crippen molar-refractivity contribution in [2.24, 2.45) is 7.05 Å². The average molecular weight is 259 g/mol. The number of carbonyl (C=O) groups excluding carboxylic acids is 1. The highest BCUT2D eigenvalue weighted by molar-refractivity contribution is 5.99. The van der Waals surface area contributed by atoms with Gasteiger partial charge in [-0.2, -0.15) is 5.10 Å². The molecular formula is C13H17N5O. The number of aryl methyl sites for hydroxylation is 1. The Bertz CT molecular complexity index is 564. The zero-order valence-corrected chi connectivity index (χ0v) is 11.1. The molecule has 0 saturated heterocycles. The summed E-state index contributed by atoms with van der Waals surface area (Å²) in [4.78, 5) is 16.0. The van der Waals surface area contributed by atoms with Crippen LogP contribution in [0.3, 0.4) is 0 Å². The van der Waals surface area contributed by atoms with Crippen molar-refractivity contribution in [1.29, 1.82) is 0 Å². The van der Waals surface area contributed by atoms with E-state index in [9.17, 15) is 4.79 Å². The number of hydrogen-bond acceptors (Lipinski definition) is 4. The molecule has 2 N–H and O–H groups in total. The standard InChI is InChI=1S/C13H17N5O/c1-14-12-9-15-6-5-11(12)13(19)16-7-3-10-4-8-17-18(10)2/h4-6,8-9,14H,3,7H2,1-2H3,(H,16,19). The second-order valence-corrected chi connectivity index (χ2v) is 4.12. The maximum Gasteiger partial charge on any atom is 0.253 e. The van der Waals surface area contributed by atoms with Crippen LogP contribution in [0.1, 0.15) is 16.1 Å². The van der Waals surface area contributed by atoms with Gasteiger partial charge in [-0.1, -0.05) is 0 Å². The predicted octanol–water partition coefficient (Wildman–Crippen LogP) is 0.829. The molecule has 0 fully saturated rings. The first-order chi connectivity index (χ1) is 9.22. The molecule has 0 aliphatic carbocycles. The van der Waals surface area contributed by atoms with E-state index in [0.29, 0.717) is 12.1 Å². The maximum atomic E-state index is 12.0. The third-order valence-corrected chi connectivity index (χ3v) is 2.92. The normalized spacial score (nSPS) is 10.2. The molecule has 2 heterocycles. The molecule has 2 aromatic heterocycles. The summed E-state index contributed by atoms with van der Waals surface area (Å²) in [6.07, 6.45) is 5.74. The average Bonchev–Trinajstić information content (AvgIpc) is 2.84. The third-order valence-electron chi connectivity index (χ3n) is 2.92. The van der Waals surface area contributed by atoms with Gasteiger partial charge in [0, 0.05) is 45.1 Å². The number of aromatic nitrogens is 3. The lowest BCUT2D eigenvalue weighted by Gasteiger charge is -2.09. The van der Waals surface area contributed by atoms with Gasteiger partial charge in [0.15, 0.2) is 0 Å². The molecule has 0 spiro atoms. The molecule has 0 unspecified atom stereocenters. The first-order valence-electron chi connectivity index (χ1n) is 6.09. The van der Waals surface area contributed by atoms with E-state index in [1.165, 1.54) is 0 Å². The van der Waals surface area contributed by atoms with Gasteiger partial charge in [-0.25, -0.2) is 0 Å². The van der Waals surface area contributed by atoms with Gasteiger partial charge in [0.2, 0.25) is 0 Å². The fourth-order valence-electron chi connectivity index (χ4n) is 1.84. The highest BCUT2D eigenvalue weighted by atomic mass is 16.1. The minimum atomic E-state index is -0.103. The first kappa shape index (κ1) is 13.1. The lowest BCUT2D eigenvalue weighted by atomic mass is 10.2. The summed E-state index contributed by atoms with van der Waals surface area (Å²) < 4.78 is 1.80. The lowest BCUT2D eigenvalue weighted by Crippen LogP contribution is -2.27. The van der Waals surface area contributed by atoms with Crippen molar-refractivity contribution < 1.29 is 4.79 Å². The van der Waals surface area contributed by atoms with E-state index in [1.807, 2.05) is 13.1 Å². The zero-order valence-electron chi connectivity index (χ0n) is 11.1. The Morgan fingerprint density at radius 3 is 2.89 bits per heavy atom. The molecule has 6 nitrogen and oxygen atoms in total. The molecular weight excluding hydrogens is 242 g/mol. The van der Waals surface area contributed by atoms with Crippen molar-refractivity contribution in [3.63, 3.8) is 0 Å². The third kappa shape index (κ3) is 3.09. The van der Waals surface area contributed by atoms with E-state index in [2.05, 4.69) is 20.7 Å². The molecule has 0 atom stereocenters. The van der Waals surface area contributed by atoms with E-state index in [-0.39, 0.29) is 5.91 Å². The number of nitrogens with zero attached hydrogens (tertiary/aromatic N) is 3. The number of pyridine rings is 1. The summed E-state index contributed by atoms with van der Waals surface area (Å²) in [5, 5.41) is 9.93. The highest BCUT2D eigenvalue weighted by Crippen LogP contribution is 2.11. The smallest absolute Gasteiger partial charge is 0.253 e. The van der Waals surface area contributed by atoms with Crippen LogP contribution in [0.2, 0.25) is 0 Å². The predicted molar refractivity (Wildman–Crippen MR) is 73.0 cm³/mol. The van der Waals surface area contributed by atoms with Crippen LogP contribution >= 0.6 is 0 Å². The van der Waals surface area contributed by atoms with Crippen LogP contribution in [-0.2, 0) is 13.5 Å². The molecule has 2 rings (SSSR count). The quantitative estimate of drug-likeness (QED) is 0.834. The highest BCUT2D eigenvalue weighted by Gasteiger charge is 2.10. The van der Waals surface area contributed by atoms with Gasteiger partial charge in [0.1, 0.15) is 0 Å². The second kappa shape index (κ2) is 5.99. The summed E-state index contributed by atoms with van der Waals surface area (Å²) in [7, 11) is 3.66. The molecule has 0 radical (unpaired) electrons. The van der Waals surface area contributed by atoms with Gasteiger partial charge in [-0.05, 0) is 12.1 Å². The Labute approximate surface area is 111 Å². The maximum absolute atomic E-state index is 12.0. The number of anilines is 1. The van der Waals surface area contributed by atoms with E-state index < -0.39 is 0 Å². The van der Waals surface area contributed by atoms with Crippen LogP contribution in [0.5, 0.6) is 0 Å². The van der Waals surface area contributed by atoms with Gasteiger partial charge in [0.05, 0.1) is 17.4 Å². The Hall–Kier alpha value is -2.37. The molecule has 0 aliphatic heterocycles. The van der Waals surface area contributed by atoms with E-state index >= 15 is 0 Å². The van der Waals surface area contributed by atoms with E-state index in [4.69, 9.17) is 0 Å². The monoisotopic (exact) mass is 259 g/mol. The van der Waals surface area contributed by atoms with Gasteiger partial charge < -0.3 is 10.6 Å². The van der Waals surface area contributed by atoms with E-state index in [0.717, 1.165) is 17.8 Å². The molecule has 100 valence electrons. The van der Waals surface area contributed by atoms with Crippen molar-refractivity contribution in [1.82, 2.24) is 20.1 Å². The molecule has 0 aromatic carbocycles. The Balaban J connectivity index is 1.93. The minimum absolute atomic E-state index is 0.103. The number of hydrogen-bond donors (Lipinski definition) is 2. The van der Waals surface area contributed by atoms with Crippen molar-refractivity contribution in [2.75, 3.05) is 18.9 Å². The number of nitrogens with one attached hydrogen (secondary N) is 2. The molecule has 1 amide bonds. The minimum Gasteiger partial charge on any atom is -0.386 e. The van der Waals surface area contributed by atoms with Crippen LogP contribution in [0.25, 0.3) is 0 Å². The largest absolute Gasteiger partial charge is 0.386 e. The van der Waals surface area contributed by atoms with Gasteiger partial charge in [0.25, 0.3) is 5.91 Å². The molecule has 0 bridgehead atoms. The van der Waals surface area contributed by atoms with Crippen LogP contribution in [0.15, 0.2) is 30.7 Å². The Morgan fingerprint density at radius 2 is 2.21 bits per heavy atom. The van der Waals surface area contributed by atoms with Gasteiger partial charge in [-0.3, -0.25) is 14.5 Å². The summed E-state index contributed by atoms with van der Waals surface area (Å²) in [5.41, 5.74) is 2.41. The summed E-state index contributed by atoms with van der Waals surface area (Å²) >= 11 is 0. The summed E-state index contributed by atoms with van der Waals surface area (Å²) in [5.74, 6) is -0.103. The number of amides is 1. The van der Waals surface area contributed by atoms with Crippen molar-refractivity contribution in [3.8, 4) is 0 Å². The number of carbonyl (C=O) groups is 1. The van der Waals surface area contributed by atoms with Gasteiger partial charge >= 0.3 is 0 Å². The zero-order chi connectivity index (χ0) is 13.7. The van der Waals surface area contributed by atoms with Crippen molar-refractivity contribution >= 4 is 11.6 Å². The Morgan fingerprint density at radius 1 is 1.37 bits per heavy atom. The summed E-state index contributed by atoms with van der Waals surface area (Å²) in [6.45, 7) is 0.573. The van der Waals surface area contributed by atoms with Crippen LogP contribution in [-0.4, -0.2) is 34.3 Å². The van der Waals surface area contributed by atoms with E-state index in [1.54, 1.807) is 36.4 Å². The van der Waals surface area contributed by atoms with Crippen LogP contribution in [0.4, 0.5) is 5.69 Å². The fourth-order valence-corrected chi connectivity index (χ4v) is 1.84. The SMILES string of the molecule is CNc1cnccc1C(=O)NCCc1ccnn1C. The van der Waals surface area contributed by atoms with Crippen molar-refractivity contribution in [2.45, 2.75) is 6.42 Å². The van der Waals surface area contributed by atoms with Gasteiger partial charge in [-0.15, -0.1) is 0 Å². The van der Waals surface area contributed by atoms with Crippen LogP contribution < -0.4 is 10.6 Å². The molecule has 0 saturated carbocycles. The Kier molecular flexibility index (Phi) is 4.12. The molecule has 0 aliphatic rings. The summed E-state index contributed by atoms with van der Waals surface area (Å²) in [6, 6.07) is 3.64. The molecule has 6 heteroatoms. The molecule has 19 heavy (non-hydrogen) atoms. The van der Waals surface area contributed by atoms with Crippen LogP contribution in [0, 0.1) is 0 Å². The topological polar surface area (TPSA) is 71.8 Å². The molecule has 2 aromatic rings. The lowest BCUT2D eigenvalue weighted by molar-refractivity contribution is 0.0954. The number of rotatable bonds is 5. The first-order valence-corrected chi connectivity index (χ1v) is 6.09.